The number of methoxy groups -OCH3 is 3. The van der Waals surface area contributed by atoms with Crippen molar-refractivity contribution in [1.29, 1.82) is 5.26 Å². The first-order valence-corrected chi connectivity index (χ1v) is 9.32. The first-order chi connectivity index (χ1) is 13.9. The average molecular weight is 398 g/mol. The molecule has 0 amide bonds. The zero-order valence-corrected chi connectivity index (χ0v) is 17.4. The molecule has 0 saturated carbocycles. The zero-order chi connectivity index (χ0) is 21.3. The molecule has 0 saturated heterocycles. The third-order valence-electron chi connectivity index (χ3n) is 5.33. The van der Waals surface area contributed by atoms with Gasteiger partial charge in [0.25, 0.3) is 0 Å². The molecule has 1 aromatic rings. The normalized spacial score (nSPS) is 19.3. The lowest BCUT2D eigenvalue weighted by atomic mass is 9.75. The van der Waals surface area contributed by atoms with Crippen molar-refractivity contribution in [2.24, 2.45) is 5.73 Å². The molecule has 0 spiro atoms. The summed E-state index contributed by atoms with van der Waals surface area (Å²) >= 11 is 0. The van der Waals surface area contributed by atoms with Gasteiger partial charge >= 0.3 is 0 Å². The molecule has 0 bridgehead atoms. The van der Waals surface area contributed by atoms with Crippen LogP contribution in [-0.2, 0) is 4.79 Å². The minimum absolute atomic E-state index is 0.0141. The Morgan fingerprint density at radius 2 is 1.72 bits per heavy atom. The van der Waals surface area contributed by atoms with Gasteiger partial charge in [0, 0.05) is 43.4 Å². The Balaban J connectivity index is 2.34. The van der Waals surface area contributed by atoms with Gasteiger partial charge in [0.05, 0.1) is 38.9 Å². The molecular weight excluding hydrogens is 372 g/mol. The summed E-state index contributed by atoms with van der Waals surface area (Å²) in [5.41, 5.74) is 8.79. The molecule has 1 aliphatic heterocycles. The molecule has 0 unspecified atom stereocenters. The smallest absolute Gasteiger partial charge is 0.164 e. The minimum Gasteiger partial charge on any atom is -0.496 e. The standard InChI is InChI=1S/C21H26N4O4/c1-24(2)25-14-7-6-8-15(26)20(14)19(13(11-22)21(25)23)12-9-17(28-4)18(29-5)10-16(12)27-3/h9-10,19H,6-8,23H2,1-5H3/t19-/m0/s1. The van der Waals surface area contributed by atoms with Crippen LogP contribution >= 0.6 is 0 Å². The fraction of sp³-hybridized carbons (Fsp3) is 0.429. The highest BCUT2D eigenvalue weighted by atomic mass is 16.5. The van der Waals surface area contributed by atoms with E-state index < -0.39 is 5.92 Å². The number of carbonyl (C=O) groups is 1. The molecule has 1 atom stereocenters. The van der Waals surface area contributed by atoms with Crippen LogP contribution in [0.3, 0.4) is 0 Å². The summed E-state index contributed by atoms with van der Waals surface area (Å²) in [6.45, 7) is 0. The maximum Gasteiger partial charge on any atom is 0.164 e. The van der Waals surface area contributed by atoms with Gasteiger partial charge in [-0.15, -0.1) is 0 Å². The van der Waals surface area contributed by atoms with E-state index in [1.165, 1.54) is 21.3 Å². The van der Waals surface area contributed by atoms with Crippen molar-refractivity contribution in [3.05, 3.63) is 40.4 Å². The van der Waals surface area contributed by atoms with Crippen LogP contribution in [0.5, 0.6) is 17.2 Å². The number of hydrogen-bond donors (Lipinski definition) is 1. The van der Waals surface area contributed by atoms with Crippen LogP contribution < -0.4 is 19.9 Å². The number of ketones is 1. The summed E-state index contributed by atoms with van der Waals surface area (Å²) < 4.78 is 16.4. The van der Waals surface area contributed by atoms with Gasteiger partial charge in [-0.25, -0.2) is 5.01 Å². The molecule has 154 valence electrons. The van der Waals surface area contributed by atoms with Crippen molar-refractivity contribution in [2.75, 3.05) is 35.4 Å². The van der Waals surface area contributed by atoms with Crippen molar-refractivity contribution < 1.29 is 19.0 Å². The van der Waals surface area contributed by atoms with Gasteiger partial charge in [-0.2, -0.15) is 5.26 Å². The van der Waals surface area contributed by atoms with Crippen molar-refractivity contribution in [3.8, 4) is 23.3 Å². The monoisotopic (exact) mass is 398 g/mol. The molecule has 1 heterocycles. The molecule has 0 fully saturated rings. The summed E-state index contributed by atoms with van der Waals surface area (Å²) in [7, 11) is 8.29. The Kier molecular flexibility index (Phi) is 5.71. The largest absolute Gasteiger partial charge is 0.496 e. The second kappa shape index (κ2) is 8.05. The van der Waals surface area contributed by atoms with Crippen LogP contribution in [0.15, 0.2) is 34.8 Å². The van der Waals surface area contributed by atoms with E-state index in [1.807, 2.05) is 14.1 Å². The summed E-state index contributed by atoms with van der Waals surface area (Å²) in [5.74, 6) is 1.18. The van der Waals surface area contributed by atoms with Crippen LogP contribution in [0, 0.1) is 11.3 Å². The maximum absolute atomic E-state index is 13.1. The Morgan fingerprint density at radius 3 is 2.28 bits per heavy atom. The van der Waals surface area contributed by atoms with E-state index in [4.69, 9.17) is 19.9 Å². The van der Waals surface area contributed by atoms with E-state index in [9.17, 15) is 10.1 Å². The van der Waals surface area contributed by atoms with Gasteiger partial charge in [0.15, 0.2) is 17.3 Å². The number of hydrogen-bond acceptors (Lipinski definition) is 8. The van der Waals surface area contributed by atoms with E-state index in [2.05, 4.69) is 6.07 Å². The van der Waals surface area contributed by atoms with E-state index in [-0.39, 0.29) is 5.78 Å². The summed E-state index contributed by atoms with van der Waals surface area (Å²) in [6.07, 6.45) is 1.88. The molecule has 3 rings (SSSR count). The minimum atomic E-state index is -0.631. The number of hydrazine groups is 1. The summed E-state index contributed by atoms with van der Waals surface area (Å²) in [5, 5.41) is 13.5. The third kappa shape index (κ3) is 3.28. The van der Waals surface area contributed by atoms with E-state index in [0.717, 1.165) is 12.1 Å². The molecule has 2 N–H and O–H groups in total. The highest BCUT2D eigenvalue weighted by Gasteiger charge is 2.42. The lowest BCUT2D eigenvalue weighted by Gasteiger charge is -2.42. The number of ether oxygens (including phenoxy) is 3. The van der Waals surface area contributed by atoms with Crippen molar-refractivity contribution in [3.63, 3.8) is 0 Å². The molecular formula is C21H26N4O4. The first-order valence-electron chi connectivity index (χ1n) is 9.32. The maximum atomic E-state index is 13.1. The van der Waals surface area contributed by atoms with E-state index >= 15 is 0 Å². The zero-order valence-electron chi connectivity index (χ0n) is 17.4. The van der Waals surface area contributed by atoms with Crippen LogP contribution in [-0.4, -0.2) is 51.2 Å². The molecule has 8 heteroatoms. The van der Waals surface area contributed by atoms with Crippen LogP contribution in [0.2, 0.25) is 0 Å². The predicted octanol–water partition coefficient (Wildman–Crippen LogP) is 2.29. The topological polar surface area (TPSA) is 101 Å². The number of carbonyl (C=O) groups excluding carboxylic acids is 1. The lowest BCUT2D eigenvalue weighted by Crippen LogP contribution is -2.45. The van der Waals surface area contributed by atoms with Crippen LogP contribution in [0.25, 0.3) is 0 Å². The van der Waals surface area contributed by atoms with Crippen LogP contribution in [0.1, 0.15) is 30.7 Å². The quantitative estimate of drug-likeness (QED) is 0.806. The fourth-order valence-electron chi connectivity index (χ4n) is 4.11. The predicted molar refractivity (Wildman–Crippen MR) is 107 cm³/mol. The second-order valence-electron chi connectivity index (χ2n) is 7.09. The van der Waals surface area contributed by atoms with Crippen molar-refractivity contribution in [1.82, 2.24) is 10.0 Å². The number of nitrogens with two attached hydrogens (primary N) is 1. The summed E-state index contributed by atoms with van der Waals surface area (Å²) in [4.78, 5) is 13.1. The Hall–Kier alpha value is -3.18. The number of allylic oxidation sites excluding steroid dienone is 3. The van der Waals surface area contributed by atoms with E-state index in [0.29, 0.717) is 52.6 Å². The highest BCUT2D eigenvalue weighted by molar-refractivity contribution is 6.00. The summed E-state index contributed by atoms with van der Waals surface area (Å²) in [6, 6.07) is 5.68. The molecule has 8 nitrogen and oxygen atoms in total. The molecule has 29 heavy (non-hydrogen) atoms. The van der Waals surface area contributed by atoms with Crippen LogP contribution in [0.4, 0.5) is 0 Å². The Bertz CT molecular complexity index is 943. The number of Topliss-reactive ketones (excluding diaryl/α,β-unsaturated/α-hetero) is 1. The van der Waals surface area contributed by atoms with Crippen molar-refractivity contribution in [2.45, 2.75) is 25.2 Å². The lowest BCUT2D eigenvalue weighted by molar-refractivity contribution is -0.116. The number of benzene rings is 1. The SMILES string of the molecule is COc1cc(OC)c([C@H]2C(C#N)=C(N)N(N(C)C)C3=C2C(=O)CCC3)cc1OC. The van der Waals surface area contributed by atoms with Crippen molar-refractivity contribution >= 4 is 5.78 Å². The first kappa shape index (κ1) is 20.6. The Labute approximate surface area is 170 Å². The van der Waals surface area contributed by atoms with Gasteiger partial charge < -0.3 is 19.9 Å². The molecule has 0 radical (unpaired) electrons. The molecule has 2 aliphatic rings. The average Bonchev–Trinajstić information content (AvgIpc) is 2.71. The van der Waals surface area contributed by atoms with Gasteiger partial charge in [0.1, 0.15) is 11.6 Å². The van der Waals surface area contributed by atoms with Gasteiger partial charge in [0.2, 0.25) is 0 Å². The Morgan fingerprint density at radius 1 is 1.10 bits per heavy atom. The van der Waals surface area contributed by atoms with E-state index in [1.54, 1.807) is 22.2 Å². The van der Waals surface area contributed by atoms with Gasteiger partial charge in [-0.1, -0.05) is 0 Å². The molecule has 0 aromatic heterocycles. The highest BCUT2D eigenvalue weighted by Crippen LogP contribution is 2.49. The number of nitrogens with zero attached hydrogens (tertiary/aromatic N) is 3. The van der Waals surface area contributed by atoms with Gasteiger partial charge in [-0.05, 0) is 18.9 Å². The molecule has 1 aliphatic carbocycles. The second-order valence-corrected chi connectivity index (χ2v) is 7.09. The number of rotatable bonds is 5. The third-order valence-corrected chi connectivity index (χ3v) is 5.33. The fourth-order valence-corrected chi connectivity index (χ4v) is 4.11. The molecule has 1 aromatic carbocycles. The van der Waals surface area contributed by atoms with Gasteiger partial charge in [-0.3, -0.25) is 9.80 Å². The number of nitriles is 1.